The number of rotatable bonds is 3. The van der Waals surface area contributed by atoms with Gasteiger partial charge in [0.05, 0.1) is 0 Å². The summed E-state index contributed by atoms with van der Waals surface area (Å²) in [6, 6.07) is 0.260. The van der Waals surface area contributed by atoms with Gasteiger partial charge in [0, 0.05) is 18.3 Å². The standard InChI is InChI=1S/C9H18N2O3S/c1-7-8(4-3-5-10-7)11-9(12)6-15(2,13)14/h7-8,10H,3-6H2,1-2H3,(H,11,12). The van der Waals surface area contributed by atoms with Crippen molar-refractivity contribution in [3.63, 3.8) is 0 Å². The largest absolute Gasteiger partial charge is 0.351 e. The Morgan fingerprint density at radius 1 is 1.53 bits per heavy atom. The monoisotopic (exact) mass is 234 g/mol. The summed E-state index contributed by atoms with van der Waals surface area (Å²) in [5.41, 5.74) is 0. The minimum absolute atomic E-state index is 0.0491. The minimum Gasteiger partial charge on any atom is -0.351 e. The van der Waals surface area contributed by atoms with Crippen molar-refractivity contribution in [3.8, 4) is 0 Å². The molecule has 2 atom stereocenters. The summed E-state index contributed by atoms with van der Waals surface area (Å²) in [4.78, 5) is 11.4. The molecule has 0 radical (unpaired) electrons. The second-order valence-corrected chi connectivity index (χ2v) is 6.27. The normalized spacial score (nSPS) is 27.3. The zero-order valence-corrected chi connectivity index (χ0v) is 9.93. The first-order valence-electron chi connectivity index (χ1n) is 5.09. The Labute approximate surface area is 90.5 Å². The van der Waals surface area contributed by atoms with Gasteiger partial charge in [-0.25, -0.2) is 8.42 Å². The van der Waals surface area contributed by atoms with Crippen molar-refractivity contribution < 1.29 is 13.2 Å². The van der Waals surface area contributed by atoms with Gasteiger partial charge in [-0.3, -0.25) is 4.79 Å². The Bertz CT molecular complexity index is 326. The highest BCUT2D eigenvalue weighted by Gasteiger charge is 2.23. The Morgan fingerprint density at radius 2 is 2.20 bits per heavy atom. The first-order valence-corrected chi connectivity index (χ1v) is 7.15. The lowest BCUT2D eigenvalue weighted by Crippen LogP contribution is -2.52. The van der Waals surface area contributed by atoms with Crippen molar-refractivity contribution in [2.24, 2.45) is 0 Å². The molecule has 5 nitrogen and oxygen atoms in total. The van der Waals surface area contributed by atoms with E-state index in [1.807, 2.05) is 6.92 Å². The molecule has 6 heteroatoms. The van der Waals surface area contributed by atoms with Crippen LogP contribution in [0.2, 0.25) is 0 Å². The van der Waals surface area contributed by atoms with E-state index in [0.717, 1.165) is 25.6 Å². The summed E-state index contributed by atoms with van der Waals surface area (Å²) in [6.07, 6.45) is 2.98. The lowest BCUT2D eigenvalue weighted by molar-refractivity contribution is -0.119. The van der Waals surface area contributed by atoms with Crippen LogP contribution in [0.15, 0.2) is 0 Å². The molecule has 1 amide bonds. The average Bonchev–Trinajstić information content (AvgIpc) is 2.05. The van der Waals surface area contributed by atoms with Gasteiger partial charge in [0.2, 0.25) is 5.91 Å². The fourth-order valence-electron chi connectivity index (χ4n) is 1.73. The van der Waals surface area contributed by atoms with E-state index in [1.165, 1.54) is 0 Å². The molecule has 0 bridgehead atoms. The lowest BCUT2D eigenvalue weighted by atomic mass is 10.00. The van der Waals surface area contributed by atoms with Gasteiger partial charge in [-0.05, 0) is 26.3 Å². The predicted octanol–water partition coefficient (Wildman–Crippen LogP) is -0.712. The van der Waals surface area contributed by atoms with Crippen LogP contribution in [0.1, 0.15) is 19.8 Å². The van der Waals surface area contributed by atoms with E-state index in [2.05, 4.69) is 10.6 Å². The summed E-state index contributed by atoms with van der Waals surface area (Å²) in [6.45, 7) is 2.95. The number of nitrogens with one attached hydrogen (secondary N) is 2. The Hall–Kier alpha value is -0.620. The van der Waals surface area contributed by atoms with Crippen molar-refractivity contribution in [3.05, 3.63) is 0 Å². The molecule has 0 saturated carbocycles. The van der Waals surface area contributed by atoms with E-state index in [4.69, 9.17) is 0 Å². The summed E-state index contributed by atoms with van der Waals surface area (Å²) in [5, 5.41) is 5.98. The first kappa shape index (κ1) is 12.4. The summed E-state index contributed by atoms with van der Waals surface area (Å²) >= 11 is 0. The van der Waals surface area contributed by atoms with Gasteiger partial charge in [-0.15, -0.1) is 0 Å². The number of piperidine rings is 1. The van der Waals surface area contributed by atoms with Gasteiger partial charge in [0.15, 0.2) is 9.84 Å². The van der Waals surface area contributed by atoms with E-state index in [9.17, 15) is 13.2 Å². The maximum absolute atomic E-state index is 11.4. The molecule has 88 valence electrons. The van der Waals surface area contributed by atoms with Crippen LogP contribution in [-0.2, 0) is 14.6 Å². The van der Waals surface area contributed by atoms with Crippen LogP contribution in [-0.4, -0.2) is 45.0 Å². The van der Waals surface area contributed by atoms with Crippen LogP contribution < -0.4 is 10.6 Å². The quantitative estimate of drug-likeness (QED) is 0.676. The molecule has 1 aliphatic heterocycles. The summed E-state index contributed by atoms with van der Waals surface area (Å²) in [7, 11) is -3.22. The Kier molecular flexibility index (Phi) is 4.10. The number of carbonyl (C=O) groups is 1. The van der Waals surface area contributed by atoms with E-state index in [-0.39, 0.29) is 12.1 Å². The lowest BCUT2D eigenvalue weighted by Gasteiger charge is -2.30. The number of sulfone groups is 1. The van der Waals surface area contributed by atoms with Gasteiger partial charge in [-0.2, -0.15) is 0 Å². The van der Waals surface area contributed by atoms with Crippen molar-refractivity contribution >= 4 is 15.7 Å². The highest BCUT2D eigenvalue weighted by atomic mass is 32.2. The van der Waals surface area contributed by atoms with Crippen molar-refractivity contribution in [1.82, 2.24) is 10.6 Å². The van der Waals surface area contributed by atoms with Crippen molar-refractivity contribution in [2.45, 2.75) is 31.8 Å². The van der Waals surface area contributed by atoms with Crippen LogP contribution in [0.3, 0.4) is 0 Å². The molecule has 0 aliphatic carbocycles. The molecule has 1 rings (SSSR count). The zero-order valence-electron chi connectivity index (χ0n) is 9.12. The Balaban J connectivity index is 2.43. The minimum atomic E-state index is -3.22. The average molecular weight is 234 g/mol. The number of hydrogen-bond acceptors (Lipinski definition) is 4. The van der Waals surface area contributed by atoms with E-state index in [1.54, 1.807) is 0 Å². The van der Waals surface area contributed by atoms with E-state index >= 15 is 0 Å². The highest BCUT2D eigenvalue weighted by molar-refractivity contribution is 7.91. The van der Waals surface area contributed by atoms with Crippen LogP contribution >= 0.6 is 0 Å². The number of carbonyl (C=O) groups excluding carboxylic acids is 1. The van der Waals surface area contributed by atoms with Crippen LogP contribution in [0.25, 0.3) is 0 Å². The van der Waals surface area contributed by atoms with Crippen molar-refractivity contribution in [2.75, 3.05) is 18.6 Å². The molecule has 15 heavy (non-hydrogen) atoms. The van der Waals surface area contributed by atoms with Gasteiger partial charge >= 0.3 is 0 Å². The number of amides is 1. The third-order valence-electron chi connectivity index (χ3n) is 2.50. The summed E-state index contributed by atoms with van der Waals surface area (Å²) < 4.78 is 21.8. The molecule has 1 saturated heterocycles. The SMILES string of the molecule is CC1NCCCC1NC(=O)CS(C)(=O)=O. The summed E-state index contributed by atoms with van der Waals surface area (Å²) in [5.74, 6) is -0.825. The third-order valence-corrected chi connectivity index (χ3v) is 3.29. The fourth-order valence-corrected chi connectivity index (χ4v) is 2.29. The fraction of sp³-hybridized carbons (Fsp3) is 0.889. The van der Waals surface area contributed by atoms with Gasteiger partial charge in [0.25, 0.3) is 0 Å². The molecule has 1 heterocycles. The Morgan fingerprint density at radius 3 is 2.73 bits per heavy atom. The van der Waals surface area contributed by atoms with Gasteiger partial charge in [0.1, 0.15) is 5.75 Å². The third kappa shape index (κ3) is 4.61. The van der Waals surface area contributed by atoms with Gasteiger partial charge in [-0.1, -0.05) is 0 Å². The molecule has 0 aromatic rings. The molecule has 2 unspecified atom stereocenters. The predicted molar refractivity (Wildman–Crippen MR) is 58.3 cm³/mol. The van der Waals surface area contributed by atoms with Crippen LogP contribution in [0.4, 0.5) is 0 Å². The zero-order chi connectivity index (χ0) is 11.5. The molecule has 2 N–H and O–H groups in total. The second kappa shape index (κ2) is 4.94. The number of hydrogen-bond donors (Lipinski definition) is 2. The highest BCUT2D eigenvalue weighted by Crippen LogP contribution is 2.07. The van der Waals surface area contributed by atoms with Crippen LogP contribution in [0, 0.1) is 0 Å². The molecule has 1 fully saturated rings. The molecule has 0 spiro atoms. The first-order chi connectivity index (χ1) is 6.88. The van der Waals surface area contributed by atoms with E-state index < -0.39 is 21.5 Å². The van der Waals surface area contributed by atoms with E-state index in [0.29, 0.717) is 0 Å². The molecular weight excluding hydrogens is 216 g/mol. The van der Waals surface area contributed by atoms with Crippen molar-refractivity contribution in [1.29, 1.82) is 0 Å². The second-order valence-electron chi connectivity index (χ2n) is 4.13. The van der Waals surface area contributed by atoms with Crippen LogP contribution in [0.5, 0.6) is 0 Å². The molecule has 0 aromatic carbocycles. The maximum Gasteiger partial charge on any atom is 0.235 e. The molecular formula is C9H18N2O3S. The maximum atomic E-state index is 11.4. The smallest absolute Gasteiger partial charge is 0.235 e. The topological polar surface area (TPSA) is 75.3 Å². The molecule has 1 aliphatic rings. The van der Waals surface area contributed by atoms with Gasteiger partial charge < -0.3 is 10.6 Å². The molecule has 0 aromatic heterocycles.